The average molecular weight is 343 g/mol. The predicted molar refractivity (Wildman–Crippen MR) is 73.1 cm³/mol. The SMILES string of the molecule is COCCOCC(=O)NCCCCCCI. The minimum absolute atomic E-state index is 0.0370. The number of hydrogen-bond donors (Lipinski definition) is 1. The van der Waals surface area contributed by atoms with Crippen molar-refractivity contribution in [2.75, 3.05) is 37.9 Å². The molecule has 0 aromatic carbocycles. The van der Waals surface area contributed by atoms with E-state index < -0.39 is 0 Å². The number of nitrogens with one attached hydrogen (secondary N) is 1. The molecule has 1 N–H and O–H groups in total. The Hall–Kier alpha value is 0.120. The van der Waals surface area contributed by atoms with Gasteiger partial charge in [0.2, 0.25) is 5.91 Å². The summed E-state index contributed by atoms with van der Waals surface area (Å²) in [5, 5.41) is 2.83. The van der Waals surface area contributed by atoms with Crippen LogP contribution in [0.5, 0.6) is 0 Å². The number of rotatable bonds is 11. The van der Waals surface area contributed by atoms with Crippen molar-refractivity contribution < 1.29 is 14.3 Å². The Labute approximate surface area is 112 Å². The summed E-state index contributed by atoms with van der Waals surface area (Å²) in [6.45, 7) is 1.90. The molecule has 0 saturated carbocycles. The number of ether oxygens (including phenoxy) is 2. The first-order valence-electron chi connectivity index (χ1n) is 5.70. The zero-order chi connectivity index (χ0) is 12.1. The Morgan fingerprint density at radius 1 is 1.19 bits per heavy atom. The summed E-state index contributed by atoms with van der Waals surface area (Å²) in [6.07, 6.45) is 4.77. The van der Waals surface area contributed by atoms with Crippen molar-refractivity contribution in [2.45, 2.75) is 25.7 Å². The van der Waals surface area contributed by atoms with Crippen molar-refractivity contribution in [1.29, 1.82) is 0 Å². The molecule has 0 fully saturated rings. The summed E-state index contributed by atoms with van der Waals surface area (Å²) in [5.41, 5.74) is 0. The lowest BCUT2D eigenvalue weighted by molar-refractivity contribution is -0.126. The Balaban J connectivity index is 3.11. The van der Waals surface area contributed by atoms with Crippen molar-refractivity contribution >= 4 is 28.5 Å². The first kappa shape index (κ1) is 16.1. The Morgan fingerprint density at radius 3 is 2.62 bits per heavy atom. The number of carbonyl (C=O) groups excluding carboxylic acids is 1. The number of halogens is 1. The predicted octanol–water partition coefficient (Wildman–Crippen LogP) is 1.76. The van der Waals surface area contributed by atoms with Gasteiger partial charge in [0.25, 0.3) is 0 Å². The van der Waals surface area contributed by atoms with Crippen molar-refractivity contribution in [3.05, 3.63) is 0 Å². The quantitative estimate of drug-likeness (QED) is 0.353. The zero-order valence-corrected chi connectivity index (χ0v) is 12.1. The van der Waals surface area contributed by atoms with Crippen LogP contribution in [-0.2, 0) is 14.3 Å². The van der Waals surface area contributed by atoms with Crippen LogP contribution in [-0.4, -0.2) is 43.8 Å². The monoisotopic (exact) mass is 343 g/mol. The lowest BCUT2D eigenvalue weighted by atomic mass is 10.2. The molecule has 0 saturated heterocycles. The van der Waals surface area contributed by atoms with Gasteiger partial charge >= 0.3 is 0 Å². The van der Waals surface area contributed by atoms with Crippen molar-refractivity contribution in [3.8, 4) is 0 Å². The third-order valence-electron chi connectivity index (χ3n) is 2.05. The minimum atomic E-state index is -0.0370. The Kier molecular flexibility index (Phi) is 13.3. The molecule has 0 bridgehead atoms. The fraction of sp³-hybridized carbons (Fsp3) is 0.909. The average Bonchev–Trinajstić information content (AvgIpc) is 2.29. The van der Waals surface area contributed by atoms with Crippen LogP contribution >= 0.6 is 22.6 Å². The highest BCUT2D eigenvalue weighted by atomic mass is 127. The van der Waals surface area contributed by atoms with Gasteiger partial charge in [0.1, 0.15) is 6.61 Å². The lowest BCUT2D eigenvalue weighted by Crippen LogP contribution is -2.29. The number of alkyl halides is 1. The molecule has 96 valence electrons. The van der Waals surface area contributed by atoms with Gasteiger partial charge < -0.3 is 14.8 Å². The van der Waals surface area contributed by atoms with Gasteiger partial charge in [-0.1, -0.05) is 35.4 Å². The highest BCUT2D eigenvalue weighted by Gasteiger charge is 1.99. The highest BCUT2D eigenvalue weighted by molar-refractivity contribution is 14.1. The third kappa shape index (κ3) is 12.2. The van der Waals surface area contributed by atoms with E-state index in [-0.39, 0.29) is 12.5 Å². The lowest BCUT2D eigenvalue weighted by Gasteiger charge is -2.05. The van der Waals surface area contributed by atoms with Crippen LogP contribution < -0.4 is 5.32 Å². The van der Waals surface area contributed by atoms with Gasteiger partial charge in [-0.25, -0.2) is 0 Å². The van der Waals surface area contributed by atoms with Gasteiger partial charge in [0, 0.05) is 13.7 Å². The van der Waals surface area contributed by atoms with Crippen molar-refractivity contribution in [1.82, 2.24) is 5.32 Å². The summed E-state index contributed by atoms with van der Waals surface area (Å²) in [5.74, 6) is -0.0370. The standard InChI is InChI=1S/C11H22INO3/c1-15-8-9-16-10-11(14)13-7-5-3-2-4-6-12/h2-10H2,1H3,(H,13,14). The topological polar surface area (TPSA) is 47.6 Å². The van der Waals surface area contributed by atoms with Crippen LogP contribution in [0, 0.1) is 0 Å². The fourth-order valence-corrected chi connectivity index (χ4v) is 1.70. The van der Waals surface area contributed by atoms with Gasteiger partial charge in [-0.15, -0.1) is 0 Å². The van der Waals surface area contributed by atoms with Crippen LogP contribution in [0.4, 0.5) is 0 Å². The molecule has 0 aromatic heterocycles. The first-order chi connectivity index (χ1) is 7.81. The molecule has 4 nitrogen and oxygen atoms in total. The molecule has 0 aromatic rings. The Bertz CT molecular complexity index is 167. The summed E-state index contributed by atoms with van der Waals surface area (Å²) in [4.78, 5) is 11.2. The van der Waals surface area contributed by atoms with Crippen molar-refractivity contribution in [3.63, 3.8) is 0 Å². The van der Waals surface area contributed by atoms with Crippen LogP contribution in [0.1, 0.15) is 25.7 Å². The maximum absolute atomic E-state index is 11.2. The second kappa shape index (κ2) is 13.2. The largest absolute Gasteiger partial charge is 0.382 e. The number of unbranched alkanes of at least 4 members (excludes halogenated alkanes) is 3. The highest BCUT2D eigenvalue weighted by Crippen LogP contribution is 2.01. The van der Waals surface area contributed by atoms with E-state index >= 15 is 0 Å². The molecule has 1 amide bonds. The van der Waals surface area contributed by atoms with Crippen LogP contribution in [0.3, 0.4) is 0 Å². The summed E-state index contributed by atoms with van der Waals surface area (Å²) < 4.78 is 11.1. The zero-order valence-electron chi connectivity index (χ0n) is 9.97. The molecule has 0 spiro atoms. The van der Waals surface area contributed by atoms with Crippen molar-refractivity contribution in [2.24, 2.45) is 0 Å². The van der Waals surface area contributed by atoms with E-state index in [0.29, 0.717) is 13.2 Å². The summed E-state index contributed by atoms with van der Waals surface area (Å²) in [7, 11) is 1.61. The molecule has 0 aliphatic heterocycles. The summed E-state index contributed by atoms with van der Waals surface area (Å²) in [6, 6.07) is 0. The molecule has 0 unspecified atom stereocenters. The van der Waals surface area contributed by atoms with Crippen LogP contribution in [0.2, 0.25) is 0 Å². The molecule has 0 aliphatic rings. The number of methoxy groups -OCH3 is 1. The molecular weight excluding hydrogens is 321 g/mol. The number of hydrogen-bond acceptors (Lipinski definition) is 3. The summed E-state index contributed by atoms with van der Waals surface area (Å²) >= 11 is 2.38. The molecule has 0 atom stereocenters. The van der Waals surface area contributed by atoms with Gasteiger partial charge in [-0.2, -0.15) is 0 Å². The maximum Gasteiger partial charge on any atom is 0.245 e. The smallest absolute Gasteiger partial charge is 0.245 e. The number of amides is 1. The Morgan fingerprint density at radius 2 is 1.94 bits per heavy atom. The molecule has 0 heterocycles. The third-order valence-corrected chi connectivity index (χ3v) is 2.81. The van der Waals surface area contributed by atoms with E-state index in [2.05, 4.69) is 27.9 Å². The number of carbonyl (C=O) groups is 1. The molecule has 16 heavy (non-hydrogen) atoms. The maximum atomic E-state index is 11.2. The molecule has 0 rings (SSSR count). The van der Waals surface area contributed by atoms with Gasteiger partial charge in [-0.3, -0.25) is 4.79 Å². The van der Waals surface area contributed by atoms with E-state index in [1.807, 2.05) is 0 Å². The van der Waals surface area contributed by atoms with E-state index in [1.54, 1.807) is 7.11 Å². The minimum Gasteiger partial charge on any atom is -0.382 e. The van der Waals surface area contributed by atoms with Gasteiger partial charge in [-0.05, 0) is 17.3 Å². The molecular formula is C11H22INO3. The van der Waals surface area contributed by atoms with E-state index in [9.17, 15) is 4.79 Å². The second-order valence-electron chi connectivity index (χ2n) is 3.50. The van der Waals surface area contributed by atoms with Gasteiger partial charge in [0.05, 0.1) is 13.2 Å². The molecule has 0 aliphatic carbocycles. The fourth-order valence-electron chi connectivity index (χ4n) is 1.16. The van der Waals surface area contributed by atoms with E-state index in [1.165, 1.54) is 23.7 Å². The van der Waals surface area contributed by atoms with E-state index in [0.717, 1.165) is 13.0 Å². The molecule has 5 heteroatoms. The van der Waals surface area contributed by atoms with Crippen LogP contribution in [0.25, 0.3) is 0 Å². The molecule has 0 radical (unpaired) electrons. The van der Waals surface area contributed by atoms with Gasteiger partial charge in [0.15, 0.2) is 0 Å². The normalized spacial score (nSPS) is 10.4. The second-order valence-corrected chi connectivity index (χ2v) is 4.58. The van der Waals surface area contributed by atoms with E-state index in [4.69, 9.17) is 9.47 Å². The first-order valence-corrected chi connectivity index (χ1v) is 7.23. The van der Waals surface area contributed by atoms with Crippen LogP contribution in [0.15, 0.2) is 0 Å².